The van der Waals surface area contributed by atoms with Crippen molar-refractivity contribution < 1.29 is 40.2 Å². The summed E-state index contributed by atoms with van der Waals surface area (Å²) in [6.07, 6.45) is -1.93. The summed E-state index contributed by atoms with van der Waals surface area (Å²) in [7, 11) is -4.67. The minimum Gasteiger partial charge on any atom is -0.382 e. The van der Waals surface area contributed by atoms with Crippen LogP contribution in [0.25, 0.3) is 22.3 Å². The standard InChI is InChI=1S/C20H23N10O10PS2/c21-15-13-16(24-5-23-15)29(6-25-13)12-2-9-11(38-12)4-36-43(33,34)40-10-1-8(3-35-41(32,42)39-9)37-19(10)30-7-26-14-17(30)27-20(22)28-18(14)31/h5-12,19H,1-4H2,(H,32,42)(H2,21,23,24)(H3,22,27,28,31)/t8-,9-,10+,11+,12+,19+,41?/m0/s1. The zero-order chi connectivity index (χ0) is 30.1. The number of fused-ring (bicyclic) bond motifs is 5. The van der Waals surface area contributed by atoms with Crippen LogP contribution >= 0.6 is 6.72 Å². The van der Waals surface area contributed by atoms with Crippen LogP contribution in [0, 0.1) is 0 Å². The van der Waals surface area contributed by atoms with Crippen LogP contribution in [0.2, 0.25) is 0 Å². The molecule has 3 fully saturated rings. The summed E-state index contributed by atoms with van der Waals surface area (Å²) in [5, 5.41) is 0. The van der Waals surface area contributed by atoms with Gasteiger partial charge in [-0.3, -0.25) is 18.9 Å². The van der Waals surface area contributed by atoms with Crippen molar-refractivity contribution in [2.24, 2.45) is 0 Å². The number of aromatic nitrogens is 8. The van der Waals surface area contributed by atoms with E-state index in [-0.39, 0.29) is 42.4 Å². The Morgan fingerprint density at radius 3 is 2.63 bits per heavy atom. The van der Waals surface area contributed by atoms with Gasteiger partial charge in [0.15, 0.2) is 28.9 Å². The highest BCUT2D eigenvalue weighted by Crippen LogP contribution is 2.50. The molecule has 4 aromatic rings. The minimum absolute atomic E-state index is 0.0313. The molecular weight excluding hydrogens is 635 g/mol. The van der Waals surface area contributed by atoms with Gasteiger partial charge in [0, 0.05) is 12.8 Å². The van der Waals surface area contributed by atoms with Crippen molar-refractivity contribution in [1.82, 2.24) is 39.0 Å². The lowest BCUT2D eigenvalue weighted by Gasteiger charge is -2.25. The molecular formula is C20H23N10O10PS2. The largest absolute Gasteiger partial charge is 0.400 e. The van der Waals surface area contributed by atoms with Gasteiger partial charge in [-0.25, -0.2) is 28.3 Å². The molecule has 230 valence electrons. The fourth-order valence-corrected chi connectivity index (χ4v) is 7.53. The Morgan fingerprint density at radius 2 is 1.79 bits per heavy atom. The number of nitrogens with two attached hydrogens (primary N) is 2. The Labute approximate surface area is 245 Å². The maximum Gasteiger partial charge on any atom is 0.400 e. The van der Waals surface area contributed by atoms with Gasteiger partial charge in [0.2, 0.25) is 5.95 Å². The van der Waals surface area contributed by atoms with Crippen LogP contribution in [0.1, 0.15) is 25.3 Å². The Hall–Kier alpha value is -3.18. The first-order valence-electron chi connectivity index (χ1n) is 12.7. The maximum absolute atomic E-state index is 13.0. The topological polar surface area (TPSA) is 269 Å². The molecule has 3 aliphatic heterocycles. The van der Waals surface area contributed by atoms with Gasteiger partial charge < -0.3 is 34.9 Å². The van der Waals surface area contributed by atoms with Gasteiger partial charge in [-0.1, -0.05) is 0 Å². The number of rotatable bonds is 2. The van der Waals surface area contributed by atoms with Crippen molar-refractivity contribution in [1.29, 1.82) is 0 Å². The molecule has 1 unspecified atom stereocenters. The highest BCUT2D eigenvalue weighted by Gasteiger charge is 2.46. The molecule has 0 saturated carbocycles. The van der Waals surface area contributed by atoms with E-state index in [0.29, 0.717) is 11.2 Å². The molecule has 0 amide bonds. The first-order valence-corrected chi connectivity index (χ1v) is 16.6. The van der Waals surface area contributed by atoms with Crippen LogP contribution in [-0.4, -0.2) is 90.0 Å². The second-order valence-corrected chi connectivity index (χ2v) is 13.9. The number of nitrogens with one attached hydrogen (secondary N) is 1. The van der Waals surface area contributed by atoms with Crippen molar-refractivity contribution in [3.8, 4) is 0 Å². The Kier molecular flexibility index (Phi) is 6.96. The average molecular weight is 659 g/mol. The van der Waals surface area contributed by atoms with E-state index in [9.17, 15) is 18.1 Å². The molecule has 0 aliphatic carbocycles. The van der Waals surface area contributed by atoms with E-state index in [1.807, 2.05) is 0 Å². The number of nitrogen functional groups attached to an aromatic ring is 2. The van der Waals surface area contributed by atoms with Gasteiger partial charge in [-0.15, -0.1) is 0 Å². The molecule has 20 nitrogen and oxygen atoms in total. The molecule has 0 spiro atoms. The predicted molar refractivity (Wildman–Crippen MR) is 146 cm³/mol. The van der Waals surface area contributed by atoms with Gasteiger partial charge in [0.05, 0.1) is 32.0 Å². The number of anilines is 2. The van der Waals surface area contributed by atoms with E-state index >= 15 is 0 Å². The molecule has 4 aromatic heterocycles. The van der Waals surface area contributed by atoms with Gasteiger partial charge in [0.25, 0.3) is 5.56 Å². The Morgan fingerprint density at radius 1 is 1.00 bits per heavy atom. The third kappa shape index (κ3) is 5.39. The molecule has 6 N–H and O–H groups in total. The smallest absolute Gasteiger partial charge is 0.382 e. The normalized spacial score (nSPS) is 33.1. The zero-order valence-corrected chi connectivity index (χ0v) is 24.2. The highest BCUT2D eigenvalue weighted by molar-refractivity contribution is 8.07. The lowest BCUT2D eigenvalue weighted by Crippen LogP contribution is -2.32. The number of ether oxygens (including phenoxy) is 2. The van der Waals surface area contributed by atoms with E-state index < -0.39 is 66.2 Å². The van der Waals surface area contributed by atoms with Crippen LogP contribution in [-0.2, 0) is 49.1 Å². The molecule has 3 saturated heterocycles. The van der Waals surface area contributed by atoms with Crippen LogP contribution in [0.3, 0.4) is 0 Å². The average Bonchev–Trinajstić information content (AvgIpc) is 3.71. The highest BCUT2D eigenvalue weighted by atomic mass is 32.5. The second-order valence-electron chi connectivity index (χ2n) is 9.84. The SMILES string of the molecule is Nc1nc2c(ncn2[C@@H]2O[C@@H]3COP(O)(=S)O[C@H]4C[C@H](n5cnc6c(N)ncnc65)O[C@@H]4COS(=O)(=O)O[C@@H]2C3)c(=O)[nH]1. The quantitative estimate of drug-likeness (QED) is 0.188. The minimum atomic E-state index is -4.67. The molecule has 0 aromatic carbocycles. The van der Waals surface area contributed by atoms with Gasteiger partial charge in [0.1, 0.15) is 36.4 Å². The monoisotopic (exact) mass is 658 g/mol. The molecule has 0 radical (unpaired) electrons. The molecule has 23 heteroatoms. The maximum atomic E-state index is 13.0. The number of hydrogen-bond donors (Lipinski definition) is 4. The van der Waals surface area contributed by atoms with Gasteiger partial charge in [-0.05, 0) is 11.8 Å². The van der Waals surface area contributed by atoms with E-state index in [1.165, 1.54) is 23.5 Å². The van der Waals surface area contributed by atoms with Crippen LogP contribution in [0.15, 0.2) is 23.8 Å². The van der Waals surface area contributed by atoms with Crippen LogP contribution < -0.4 is 17.0 Å². The lowest BCUT2D eigenvalue weighted by atomic mass is 10.2. The summed E-state index contributed by atoms with van der Waals surface area (Å²) in [5.41, 5.74) is 11.7. The molecule has 43 heavy (non-hydrogen) atoms. The first kappa shape index (κ1) is 28.6. The third-order valence-corrected chi connectivity index (χ3v) is 9.55. The van der Waals surface area contributed by atoms with Crippen molar-refractivity contribution in [3.05, 3.63) is 29.3 Å². The zero-order valence-electron chi connectivity index (χ0n) is 21.7. The number of H-pyrrole nitrogens is 1. The van der Waals surface area contributed by atoms with Crippen LogP contribution in [0.4, 0.5) is 11.8 Å². The second kappa shape index (κ2) is 10.5. The Balaban J connectivity index is 1.17. The van der Waals surface area contributed by atoms with E-state index in [2.05, 4.69) is 29.9 Å². The Bertz CT molecular complexity index is 1930. The van der Waals surface area contributed by atoms with Crippen LogP contribution in [0.5, 0.6) is 0 Å². The van der Waals surface area contributed by atoms with Gasteiger partial charge >= 0.3 is 17.1 Å². The molecule has 7 atom stereocenters. The third-order valence-electron chi connectivity index (χ3n) is 7.06. The fourth-order valence-electron chi connectivity index (χ4n) is 5.21. The van der Waals surface area contributed by atoms with Crippen molar-refractivity contribution in [2.45, 2.75) is 49.7 Å². The number of hydrogen-bond acceptors (Lipinski definition) is 17. The van der Waals surface area contributed by atoms with Gasteiger partial charge in [-0.2, -0.15) is 13.4 Å². The van der Waals surface area contributed by atoms with E-state index in [4.69, 9.17) is 50.2 Å². The summed E-state index contributed by atoms with van der Waals surface area (Å²) < 4.78 is 63.0. The van der Waals surface area contributed by atoms with Crippen molar-refractivity contribution in [2.75, 3.05) is 24.7 Å². The number of nitrogens with zero attached hydrogens (tertiary/aromatic N) is 7. The van der Waals surface area contributed by atoms with E-state index in [1.54, 1.807) is 4.57 Å². The molecule has 7 rings (SSSR count). The number of aromatic amines is 1. The van der Waals surface area contributed by atoms with Crippen molar-refractivity contribution in [3.63, 3.8) is 0 Å². The molecule has 3 aliphatic rings. The van der Waals surface area contributed by atoms with Crippen molar-refractivity contribution >= 4 is 63.0 Å². The summed E-state index contributed by atoms with van der Waals surface area (Å²) in [6, 6.07) is 0. The van der Waals surface area contributed by atoms with E-state index in [0.717, 1.165) is 0 Å². The summed E-state index contributed by atoms with van der Waals surface area (Å²) in [5.74, 6) is -0.0221. The first-order chi connectivity index (χ1) is 20.5. The fraction of sp³-hybridized carbons (Fsp3) is 0.500. The summed E-state index contributed by atoms with van der Waals surface area (Å²) >= 11 is 5.26. The predicted octanol–water partition coefficient (Wildman–Crippen LogP) is -1.02. The number of imidazole rings is 2. The summed E-state index contributed by atoms with van der Waals surface area (Å²) in [6.45, 7) is -4.76. The lowest BCUT2D eigenvalue weighted by molar-refractivity contribution is -0.0570. The molecule has 7 heterocycles. The molecule has 2 bridgehead atoms. The summed E-state index contributed by atoms with van der Waals surface area (Å²) in [4.78, 5) is 46.0.